The number of carbonyl (C=O) groups is 3. The van der Waals surface area contributed by atoms with Gasteiger partial charge in [0.25, 0.3) is 12.4 Å². The van der Waals surface area contributed by atoms with Crippen LogP contribution in [0.25, 0.3) is 28.0 Å². The predicted molar refractivity (Wildman–Crippen MR) is 210 cm³/mol. The molecule has 6 rings (SSSR count). The first-order chi connectivity index (χ1) is 26.5. The number of nitrogens with one attached hydrogen (secondary N) is 1. The quantitative estimate of drug-likeness (QED) is 0.0458. The Bertz CT molecular complexity index is 1860. The third-order valence-corrected chi connectivity index (χ3v) is 8.93. The average Bonchev–Trinajstić information content (AvgIpc) is 3.54. The van der Waals surface area contributed by atoms with Crippen molar-refractivity contribution in [3.05, 3.63) is 114 Å². The average molecular weight is 819 g/mol. The zero-order valence-electron chi connectivity index (χ0n) is 31.8. The van der Waals surface area contributed by atoms with Crippen LogP contribution in [0.4, 0.5) is 5.69 Å². The van der Waals surface area contributed by atoms with Crippen LogP contribution >= 0.6 is 0 Å². The van der Waals surface area contributed by atoms with Gasteiger partial charge in [0, 0.05) is 31.2 Å². The molecule has 4 aromatic rings. The Morgan fingerprint density at radius 1 is 0.855 bits per heavy atom. The van der Waals surface area contributed by atoms with E-state index >= 15 is 0 Å². The van der Waals surface area contributed by atoms with Gasteiger partial charge in [-0.15, -0.1) is 0 Å². The molecule has 1 aliphatic carbocycles. The molecule has 3 N–H and O–H groups in total. The summed E-state index contributed by atoms with van der Waals surface area (Å²) < 4.78 is 20.2. The topological polar surface area (TPSA) is 153 Å². The summed E-state index contributed by atoms with van der Waals surface area (Å²) >= 11 is 0. The molecule has 0 radical (unpaired) electrons. The smallest absolute Gasteiger partial charge is 0.486 e. The van der Waals surface area contributed by atoms with Crippen LogP contribution in [0.5, 0.6) is 0 Å². The zero-order valence-corrected chi connectivity index (χ0v) is 36.8. The van der Waals surface area contributed by atoms with Crippen molar-refractivity contribution in [1.29, 1.82) is 5.26 Å². The first-order valence-corrected chi connectivity index (χ1v) is 18.1. The number of carbonyl (C=O) groups excluding carboxylic acids is 3. The van der Waals surface area contributed by atoms with E-state index in [0.717, 1.165) is 29.4 Å². The van der Waals surface area contributed by atoms with Crippen molar-refractivity contribution in [3.63, 3.8) is 0 Å². The molecule has 0 aromatic heterocycles. The van der Waals surface area contributed by atoms with Crippen LogP contribution in [0.3, 0.4) is 0 Å². The molecule has 0 atom stereocenters. The second-order valence-corrected chi connectivity index (χ2v) is 12.4. The number of esters is 1. The first-order valence-electron chi connectivity index (χ1n) is 18.1. The van der Waals surface area contributed by atoms with E-state index in [0.29, 0.717) is 26.3 Å². The zero-order chi connectivity index (χ0) is 38.5. The molecule has 1 saturated heterocycles. The molecule has 0 saturated carbocycles. The molecule has 12 heteroatoms. The van der Waals surface area contributed by atoms with Crippen LogP contribution in [-0.2, 0) is 33.3 Å². The SMILES string of the molecule is CN.O=COCC1c2ccccc2-c2ccccc21.[CH2-]C(=O)OCCOCCOCCNC(=O)/C(C#N)=C/c1ccc2cc(N3CCCCC3)ccc2c1.[Rb+]. The van der Waals surface area contributed by atoms with E-state index in [9.17, 15) is 19.6 Å². The Kier molecular flexibility index (Phi) is 21.0. The number of fused-ring (bicyclic) bond motifs is 4. The van der Waals surface area contributed by atoms with E-state index < -0.39 is 11.9 Å². The van der Waals surface area contributed by atoms with Gasteiger partial charge < -0.3 is 34.9 Å². The van der Waals surface area contributed by atoms with Gasteiger partial charge in [-0.1, -0.05) is 66.7 Å². The summed E-state index contributed by atoms with van der Waals surface area (Å²) in [5, 5.41) is 14.4. The first kappa shape index (κ1) is 45.5. The van der Waals surface area contributed by atoms with Crippen molar-refractivity contribution in [1.82, 2.24) is 5.32 Å². The maximum absolute atomic E-state index is 12.4. The largest absolute Gasteiger partial charge is 1.00 e. The van der Waals surface area contributed by atoms with E-state index in [1.807, 2.05) is 48.5 Å². The van der Waals surface area contributed by atoms with Crippen LogP contribution in [0, 0.1) is 18.3 Å². The molecule has 1 fully saturated rings. The summed E-state index contributed by atoms with van der Waals surface area (Å²) in [6, 6.07) is 30.9. The van der Waals surface area contributed by atoms with E-state index in [4.69, 9.17) is 14.2 Å². The van der Waals surface area contributed by atoms with Crippen LogP contribution in [0.1, 0.15) is 41.9 Å². The fourth-order valence-electron chi connectivity index (χ4n) is 6.45. The fraction of sp³-hybridized carbons (Fsp3) is 0.326. The summed E-state index contributed by atoms with van der Waals surface area (Å²) in [5.41, 5.74) is 11.6. The normalized spacial score (nSPS) is 13.0. The molecule has 1 amide bonds. The van der Waals surface area contributed by atoms with Gasteiger partial charge in [0.05, 0.1) is 26.4 Å². The Balaban J connectivity index is 0.000000338. The van der Waals surface area contributed by atoms with Crippen molar-refractivity contribution < 1.29 is 91.5 Å². The second kappa shape index (κ2) is 25.3. The van der Waals surface area contributed by atoms with Crippen molar-refractivity contribution in [2.45, 2.75) is 25.2 Å². The Hall–Kier alpha value is -3.86. The third-order valence-electron chi connectivity index (χ3n) is 8.93. The molecule has 0 spiro atoms. The maximum Gasteiger partial charge on any atom is 1.00 e. The van der Waals surface area contributed by atoms with Gasteiger partial charge in [-0.3, -0.25) is 21.3 Å². The minimum Gasteiger partial charge on any atom is -0.486 e. The summed E-state index contributed by atoms with van der Waals surface area (Å²) in [6.07, 6.45) is 5.37. The van der Waals surface area contributed by atoms with Crippen molar-refractivity contribution in [2.75, 3.05) is 71.2 Å². The number of anilines is 1. The molecule has 11 nitrogen and oxygen atoms in total. The van der Waals surface area contributed by atoms with Gasteiger partial charge >= 0.3 is 58.2 Å². The summed E-state index contributed by atoms with van der Waals surface area (Å²) in [5.74, 6) is -0.857. The molecule has 2 aliphatic rings. The Morgan fingerprint density at radius 2 is 1.45 bits per heavy atom. The van der Waals surface area contributed by atoms with Gasteiger partial charge in [-0.25, -0.2) is 0 Å². The van der Waals surface area contributed by atoms with Crippen molar-refractivity contribution in [3.8, 4) is 17.2 Å². The number of piperidine rings is 1. The molecular weight excluding hydrogens is 770 g/mol. The number of rotatable bonds is 15. The van der Waals surface area contributed by atoms with Gasteiger partial charge in [-0.2, -0.15) is 5.26 Å². The maximum atomic E-state index is 12.4. The number of benzene rings is 4. The Morgan fingerprint density at radius 3 is 2.09 bits per heavy atom. The minimum absolute atomic E-state index is 0. The van der Waals surface area contributed by atoms with Gasteiger partial charge in [0.1, 0.15) is 24.9 Å². The second-order valence-electron chi connectivity index (χ2n) is 12.4. The predicted octanol–water partition coefficient (Wildman–Crippen LogP) is 2.81. The molecular formula is C43H49N4O7Rb. The summed E-state index contributed by atoms with van der Waals surface area (Å²) in [7, 11) is 1.50. The number of ether oxygens (including phenoxy) is 4. The molecule has 4 aromatic carbocycles. The third kappa shape index (κ3) is 14.0. The molecule has 1 aliphatic heterocycles. The number of amides is 1. The van der Waals surface area contributed by atoms with Crippen molar-refractivity contribution >= 4 is 40.9 Å². The van der Waals surface area contributed by atoms with Gasteiger partial charge in [0.15, 0.2) is 5.97 Å². The molecule has 1 heterocycles. The van der Waals surface area contributed by atoms with E-state index in [1.54, 1.807) is 6.08 Å². The molecule has 0 unspecified atom stereocenters. The summed E-state index contributed by atoms with van der Waals surface area (Å²) in [6.45, 7) is 7.88. The number of nitriles is 1. The van der Waals surface area contributed by atoms with Crippen molar-refractivity contribution in [2.24, 2.45) is 5.73 Å². The molecule has 0 bridgehead atoms. The monoisotopic (exact) mass is 818 g/mol. The van der Waals surface area contributed by atoms with Crippen LogP contribution in [0.15, 0.2) is 90.5 Å². The van der Waals surface area contributed by atoms with Crippen LogP contribution in [0.2, 0.25) is 0 Å². The van der Waals surface area contributed by atoms with Crippen LogP contribution < -0.4 is 74.1 Å². The standard InChI is InChI=1S/C27H32N3O5.C15H12O2.CH5N.Rb/c1-21(31)35-16-15-34-14-13-33-12-9-29-27(32)25(20-28)18-22-5-6-24-19-26(8-7-23(24)17-22)30-10-3-2-4-11-30;16-10-17-9-15-13-7-3-1-5-11(13)12-6-2-4-8-14(12)15;1-2;/h5-8,17-19H,1-4,9-16H2,(H,29,32);1-8,10,15H,9H2;2H2,1H3;/q-1;;;+1/b25-18+;;;. The molecule has 284 valence electrons. The van der Waals surface area contributed by atoms with Gasteiger partial charge in [0.2, 0.25) is 0 Å². The van der Waals surface area contributed by atoms with E-state index in [-0.39, 0.29) is 96.0 Å². The van der Waals surface area contributed by atoms with Crippen LogP contribution in [-0.4, -0.2) is 84.7 Å². The number of nitrogens with two attached hydrogens (primary N) is 1. The number of hydrogen-bond donors (Lipinski definition) is 2. The number of hydrogen-bond acceptors (Lipinski definition) is 10. The summed E-state index contributed by atoms with van der Waals surface area (Å²) in [4.78, 5) is 35.7. The minimum atomic E-state index is -0.589. The fourth-order valence-corrected chi connectivity index (χ4v) is 6.45. The number of nitrogens with zero attached hydrogens (tertiary/aromatic N) is 2. The van der Waals surface area contributed by atoms with Gasteiger partial charge in [-0.05, 0) is 89.2 Å². The van der Waals surface area contributed by atoms with E-state index in [2.05, 4.69) is 70.1 Å². The molecule has 55 heavy (non-hydrogen) atoms. The van der Waals surface area contributed by atoms with E-state index in [1.165, 1.54) is 54.3 Å². The Labute approximate surface area is 372 Å².